The highest BCUT2D eigenvalue weighted by Crippen LogP contribution is 2.23. The van der Waals surface area contributed by atoms with Crippen LogP contribution in [0, 0.1) is 0 Å². The number of fused-ring (bicyclic) bond motifs is 1. The van der Waals surface area contributed by atoms with Crippen LogP contribution in [0.25, 0.3) is 0 Å². The van der Waals surface area contributed by atoms with Crippen molar-refractivity contribution >= 4 is 18.0 Å². The maximum atomic E-state index is 4.09. The third-order valence-corrected chi connectivity index (χ3v) is 2.14. The Bertz CT molecular complexity index is 162. The summed E-state index contributed by atoms with van der Waals surface area (Å²) in [6.45, 7) is 0.874. The number of thioether (sulfide) groups is 1. The molecule has 0 radical (unpaired) electrons. The molecule has 0 bridgehead atoms. The minimum Gasteiger partial charge on any atom is -0.341 e. The Morgan fingerprint density at radius 1 is 1.75 bits per heavy atom. The van der Waals surface area contributed by atoms with Gasteiger partial charge < -0.3 is 4.90 Å². The maximum absolute atomic E-state index is 4.09. The molecule has 0 aromatic rings. The number of hydrogen-bond acceptors (Lipinski definition) is 3. The third kappa shape index (κ3) is 0.478. The predicted molar refractivity (Wildman–Crippen MR) is 35.7 cm³/mol. The summed E-state index contributed by atoms with van der Waals surface area (Å²) in [7, 11) is 0. The summed E-state index contributed by atoms with van der Waals surface area (Å²) in [6, 6.07) is 0. The Morgan fingerprint density at radius 3 is 3.62 bits per heavy atom. The van der Waals surface area contributed by atoms with Crippen molar-refractivity contribution < 1.29 is 0 Å². The van der Waals surface area contributed by atoms with Crippen LogP contribution in [-0.4, -0.2) is 23.7 Å². The maximum Gasteiger partial charge on any atom is 0.111 e. The molecule has 42 valence electrons. The summed E-state index contributed by atoms with van der Waals surface area (Å²) in [5.74, 6) is 1.09. The fourth-order valence-electron chi connectivity index (χ4n) is 0.829. The quantitative estimate of drug-likeness (QED) is 0.478. The van der Waals surface area contributed by atoms with Crippen LogP contribution in [-0.2, 0) is 0 Å². The van der Waals surface area contributed by atoms with Gasteiger partial charge in [-0.1, -0.05) is 0 Å². The van der Waals surface area contributed by atoms with Crippen molar-refractivity contribution in [1.29, 1.82) is 0 Å². The first-order valence-electron chi connectivity index (χ1n) is 2.53. The second-order valence-electron chi connectivity index (χ2n) is 1.83. The zero-order valence-electron chi connectivity index (χ0n) is 4.37. The average molecular weight is 126 g/mol. The number of aliphatic imine (C=N–C) groups is 1. The molecule has 2 rings (SSSR count). The molecule has 0 unspecified atom stereocenters. The minimum absolute atomic E-state index is 0.874. The fraction of sp³-hybridized carbons (Fsp3) is 0.400. The molecule has 8 heavy (non-hydrogen) atoms. The molecular formula is C5H6N2S. The highest BCUT2D eigenvalue weighted by molar-refractivity contribution is 8.02. The van der Waals surface area contributed by atoms with Crippen LogP contribution in [0.5, 0.6) is 0 Å². The molecule has 0 saturated heterocycles. The lowest BCUT2D eigenvalue weighted by Gasteiger charge is -2.08. The van der Waals surface area contributed by atoms with E-state index in [1.165, 1.54) is 5.70 Å². The first-order valence-corrected chi connectivity index (χ1v) is 3.58. The number of allylic oxidation sites excluding steroid dienone is 1. The summed E-state index contributed by atoms with van der Waals surface area (Å²) >= 11 is 1.84. The molecule has 0 atom stereocenters. The van der Waals surface area contributed by atoms with Crippen molar-refractivity contribution in [3.8, 4) is 0 Å². The first-order chi connectivity index (χ1) is 3.97. The van der Waals surface area contributed by atoms with E-state index >= 15 is 0 Å². The summed E-state index contributed by atoms with van der Waals surface area (Å²) in [5, 5.41) is 2.15. The van der Waals surface area contributed by atoms with Crippen LogP contribution in [0.1, 0.15) is 0 Å². The van der Waals surface area contributed by atoms with Crippen molar-refractivity contribution in [1.82, 2.24) is 4.90 Å². The van der Waals surface area contributed by atoms with E-state index in [0.717, 1.165) is 12.5 Å². The van der Waals surface area contributed by atoms with Crippen molar-refractivity contribution in [3.05, 3.63) is 11.1 Å². The monoisotopic (exact) mass is 126 g/mol. The molecule has 0 spiro atoms. The van der Waals surface area contributed by atoms with Crippen LogP contribution >= 0.6 is 11.8 Å². The molecular weight excluding hydrogens is 120 g/mol. The average Bonchev–Trinajstić information content (AvgIpc) is 2.15. The Balaban J connectivity index is 2.31. The lowest BCUT2D eigenvalue weighted by Crippen LogP contribution is -2.13. The van der Waals surface area contributed by atoms with Gasteiger partial charge in [-0.25, -0.2) is 0 Å². The summed E-state index contributed by atoms with van der Waals surface area (Å²) in [6.07, 6.45) is 1.93. The largest absolute Gasteiger partial charge is 0.341 e. The Hall–Kier alpha value is -0.440. The smallest absolute Gasteiger partial charge is 0.111 e. The zero-order valence-corrected chi connectivity index (χ0v) is 5.19. The second kappa shape index (κ2) is 1.52. The predicted octanol–water partition coefficient (Wildman–Crippen LogP) is 0.876. The number of hydrogen-bond donors (Lipinski definition) is 0. The normalized spacial score (nSPS) is 24.0. The SMILES string of the molecule is C1=NCN2CSC=C12. The van der Waals surface area contributed by atoms with Crippen LogP contribution in [0.3, 0.4) is 0 Å². The second-order valence-corrected chi connectivity index (χ2v) is 2.66. The summed E-state index contributed by atoms with van der Waals surface area (Å²) < 4.78 is 0. The van der Waals surface area contributed by atoms with Gasteiger partial charge in [-0.2, -0.15) is 0 Å². The molecule has 2 nitrogen and oxygen atoms in total. The van der Waals surface area contributed by atoms with Gasteiger partial charge in [-0.3, -0.25) is 4.99 Å². The van der Waals surface area contributed by atoms with Crippen molar-refractivity contribution in [2.24, 2.45) is 4.99 Å². The molecule has 2 aliphatic heterocycles. The molecule has 0 aromatic heterocycles. The lowest BCUT2D eigenvalue weighted by molar-refractivity contribution is 0.467. The number of nitrogens with zero attached hydrogens (tertiary/aromatic N) is 2. The van der Waals surface area contributed by atoms with Gasteiger partial charge in [-0.15, -0.1) is 11.8 Å². The molecule has 2 aliphatic rings. The molecule has 0 aliphatic carbocycles. The van der Waals surface area contributed by atoms with Crippen LogP contribution in [0.2, 0.25) is 0 Å². The molecule has 0 saturated carbocycles. The first kappa shape index (κ1) is 4.44. The van der Waals surface area contributed by atoms with E-state index in [9.17, 15) is 0 Å². The van der Waals surface area contributed by atoms with E-state index < -0.39 is 0 Å². The van der Waals surface area contributed by atoms with Gasteiger partial charge in [0.2, 0.25) is 0 Å². The Kier molecular flexibility index (Phi) is 0.842. The van der Waals surface area contributed by atoms with E-state index in [1.807, 2.05) is 18.0 Å². The van der Waals surface area contributed by atoms with E-state index in [1.54, 1.807) is 0 Å². The van der Waals surface area contributed by atoms with E-state index in [0.29, 0.717) is 0 Å². The van der Waals surface area contributed by atoms with Gasteiger partial charge in [0.05, 0.1) is 11.6 Å². The van der Waals surface area contributed by atoms with Gasteiger partial charge in [0.25, 0.3) is 0 Å². The van der Waals surface area contributed by atoms with Crippen LogP contribution in [0.15, 0.2) is 16.1 Å². The summed E-state index contributed by atoms with van der Waals surface area (Å²) in [5.41, 5.74) is 1.29. The standard InChI is InChI=1S/C5H6N2S/c1-5-2-8-4-7(5)3-6-1/h1-2H,3-4H2. The molecule has 0 aromatic carbocycles. The van der Waals surface area contributed by atoms with Crippen LogP contribution < -0.4 is 0 Å². The molecule has 0 fully saturated rings. The molecule has 2 heterocycles. The van der Waals surface area contributed by atoms with Gasteiger partial charge in [0.1, 0.15) is 6.67 Å². The van der Waals surface area contributed by atoms with Gasteiger partial charge in [0.15, 0.2) is 0 Å². The van der Waals surface area contributed by atoms with Crippen molar-refractivity contribution in [3.63, 3.8) is 0 Å². The van der Waals surface area contributed by atoms with E-state index in [4.69, 9.17) is 0 Å². The Labute approximate surface area is 52.3 Å². The highest BCUT2D eigenvalue weighted by Gasteiger charge is 2.16. The highest BCUT2D eigenvalue weighted by atomic mass is 32.2. The van der Waals surface area contributed by atoms with E-state index in [-0.39, 0.29) is 0 Å². The topological polar surface area (TPSA) is 15.6 Å². The third-order valence-electron chi connectivity index (χ3n) is 1.28. The van der Waals surface area contributed by atoms with Crippen molar-refractivity contribution in [2.45, 2.75) is 0 Å². The van der Waals surface area contributed by atoms with Crippen molar-refractivity contribution in [2.75, 3.05) is 12.5 Å². The van der Waals surface area contributed by atoms with Gasteiger partial charge >= 0.3 is 0 Å². The number of rotatable bonds is 0. The Morgan fingerprint density at radius 2 is 2.75 bits per heavy atom. The molecule has 3 heteroatoms. The fourth-order valence-corrected chi connectivity index (χ4v) is 1.70. The zero-order chi connectivity index (χ0) is 5.40. The van der Waals surface area contributed by atoms with Gasteiger partial charge in [0, 0.05) is 6.21 Å². The van der Waals surface area contributed by atoms with Gasteiger partial charge in [-0.05, 0) is 5.41 Å². The van der Waals surface area contributed by atoms with Crippen LogP contribution in [0.4, 0.5) is 0 Å². The summed E-state index contributed by atoms with van der Waals surface area (Å²) in [4.78, 5) is 6.33. The lowest BCUT2D eigenvalue weighted by atomic mass is 10.5. The van der Waals surface area contributed by atoms with E-state index in [2.05, 4.69) is 15.3 Å². The molecule has 0 N–H and O–H groups in total. The molecule has 0 amide bonds. The minimum atomic E-state index is 0.874.